The van der Waals surface area contributed by atoms with Gasteiger partial charge in [0, 0.05) is 24.9 Å². The SMILES string of the molecule is CC(C)(C)c1ccc(CP)c(CP(c2ccc3ccccc3n2)c2ccc3ccccc3n2)c1C(C)(C)C. The van der Waals surface area contributed by atoms with E-state index < -0.39 is 7.92 Å². The second-order valence-corrected chi connectivity index (χ2v) is 14.6. The molecule has 4 heteroatoms. The lowest BCUT2D eigenvalue weighted by molar-refractivity contribution is 0.526. The molecule has 0 spiro atoms. The van der Waals surface area contributed by atoms with Crippen LogP contribution in [0, 0.1) is 0 Å². The van der Waals surface area contributed by atoms with Crippen molar-refractivity contribution in [2.75, 3.05) is 0 Å². The molecule has 0 saturated carbocycles. The van der Waals surface area contributed by atoms with Gasteiger partial charge in [-0.2, -0.15) is 0 Å². The molecule has 5 aromatic rings. The summed E-state index contributed by atoms with van der Waals surface area (Å²) in [6.45, 7) is 14.1. The van der Waals surface area contributed by atoms with E-state index in [-0.39, 0.29) is 10.8 Å². The summed E-state index contributed by atoms with van der Waals surface area (Å²) in [6, 6.07) is 30.5. The lowest BCUT2D eigenvalue weighted by Crippen LogP contribution is -2.26. The Balaban J connectivity index is 1.75. The quantitative estimate of drug-likeness (QED) is 0.211. The molecule has 194 valence electrons. The zero-order chi connectivity index (χ0) is 27.1. The minimum absolute atomic E-state index is 0.0163. The second-order valence-electron chi connectivity index (χ2n) is 12.1. The third-order valence-corrected chi connectivity index (χ3v) is 9.90. The normalized spacial score (nSPS) is 12.5. The number of hydrogen-bond donors (Lipinski definition) is 0. The molecule has 0 aliphatic rings. The first-order chi connectivity index (χ1) is 18.1. The number of nitrogens with zero attached hydrogens (tertiary/aromatic N) is 2. The average Bonchev–Trinajstić information content (AvgIpc) is 2.89. The van der Waals surface area contributed by atoms with Gasteiger partial charge >= 0.3 is 0 Å². The van der Waals surface area contributed by atoms with Crippen molar-refractivity contribution in [3.8, 4) is 0 Å². The maximum absolute atomic E-state index is 5.23. The topological polar surface area (TPSA) is 25.8 Å². The fourth-order valence-electron chi connectivity index (χ4n) is 5.39. The second kappa shape index (κ2) is 10.5. The van der Waals surface area contributed by atoms with E-state index in [0.29, 0.717) is 0 Å². The van der Waals surface area contributed by atoms with Gasteiger partial charge in [0.2, 0.25) is 0 Å². The van der Waals surface area contributed by atoms with Crippen LogP contribution in [0.3, 0.4) is 0 Å². The van der Waals surface area contributed by atoms with E-state index in [1.807, 2.05) is 0 Å². The van der Waals surface area contributed by atoms with Gasteiger partial charge in [-0.3, -0.25) is 0 Å². The lowest BCUT2D eigenvalue weighted by Gasteiger charge is -2.34. The highest BCUT2D eigenvalue weighted by molar-refractivity contribution is 7.71. The highest BCUT2D eigenvalue weighted by Gasteiger charge is 2.31. The Bertz CT molecular complexity index is 1530. The Labute approximate surface area is 231 Å². The molecule has 0 radical (unpaired) electrons. The molecule has 0 amide bonds. The smallest absolute Gasteiger partial charge is 0.0709 e. The Morgan fingerprint density at radius 2 is 1.16 bits per heavy atom. The van der Waals surface area contributed by atoms with E-state index in [1.54, 1.807) is 0 Å². The van der Waals surface area contributed by atoms with Gasteiger partial charge in [0.1, 0.15) is 0 Å². The molecule has 2 heterocycles. The highest BCUT2D eigenvalue weighted by Crippen LogP contribution is 2.45. The van der Waals surface area contributed by atoms with Gasteiger partial charge in [0.05, 0.1) is 21.9 Å². The molecule has 0 bridgehead atoms. The van der Waals surface area contributed by atoms with Crippen molar-refractivity contribution in [2.45, 2.75) is 64.7 Å². The summed E-state index contributed by atoms with van der Waals surface area (Å²) in [5.74, 6) is 0. The van der Waals surface area contributed by atoms with E-state index in [9.17, 15) is 0 Å². The fourth-order valence-corrected chi connectivity index (χ4v) is 7.98. The van der Waals surface area contributed by atoms with Gasteiger partial charge in [0.15, 0.2) is 0 Å². The molecule has 5 rings (SSSR count). The van der Waals surface area contributed by atoms with Gasteiger partial charge in [-0.05, 0) is 63.5 Å². The fraction of sp³-hybridized carbons (Fsp3) is 0.294. The first-order valence-corrected chi connectivity index (χ1v) is 15.8. The summed E-state index contributed by atoms with van der Waals surface area (Å²) in [6.07, 6.45) is 1.86. The van der Waals surface area contributed by atoms with Crippen LogP contribution in [0.25, 0.3) is 21.8 Å². The van der Waals surface area contributed by atoms with Crippen molar-refractivity contribution < 1.29 is 0 Å². The minimum atomic E-state index is -0.839. The molecule has 0 N–H and O–H groups in total. The average molecular weight is 537 g/mol. The third-order valence-electron chi connectivity index (χ3n) is 7.22. The van der Waals surface area contributed by atoms with E-state index >= 15 is 0 Å². The zero-order valence-electron chi connectivity index (χ0n) is 23.4. The minimum Gasteiger partial charge on any atom is -0.248 e. The predicted octanol–water partition coefficient (Wildman–Crippen LogP) is 8.39. The molecule has 38 heavy (non-hydrogen) atoms. The molecule has 1 atom stereocenters. The summed E-state index contributed by atoms with van der Waals surface area (Å²) in [5.41, 5.74) is 10.2. The first kappa shape index (κ1) is 26.9. The molecule has 0 fully saturated rings. The van der Waals surface area contributed by atoms with E-state index in [2.05, 4.69) is 136 Å². The number of aromatic nitrogens is 2. The summed E-state index contributed by atoms with van der Waals surface area (Å²) >= 11 is 0. The van der Waals surface area contributed by atoms with Gasteiger partial charge in [-0.15, -0.1) is 9.24 Å². The van der Waals surface area contributed by atoms with Crippen molar-refractivity contribution in [1.82, 2.24) is 9.97 Å². The zero-order valence-corrected chi connectivity index (χ0v) is 25.5. The summed E-state index contributed by atoms with van der Waals surface area (Å²) in [5, 5.41) is 2.35. The number of pyridine rings is 2. The third kappa shape index (κ3) is 5.40. The summed E-state index contributed by atoms with van der Waals surface area (Å²) < 4.78 is 0. The van der Waals surface area contributed by atoms with Crippen molar-refractivity contribution in [3.63, 3.8) is 0 Å². The maximum atomic E-state index is 5.23. The monoisotopic (exact) mass is 536 g/mol. The van der Waals surface area contributed by atoms with Crippen LogP contribution in [0.15, 0.2) is 84.9 Å². The Morgan fingerprint density at radius 1 is 0.632 bits per heavy atom. The number of fused-ring (bicyclic) bond motifs is 2. The van der Waals surface area contributed by atoms with Gasteiger partial charge in [0.25, 0.3) is 0 Å². The van der Waals surface area contributed by atoms with Crippen LogP contribution in [0.5, 0.6) is 0 Å². The Morgan fingerprint density at radius 3 is 1.63 bits per heavy atom. The maximum Gasteiger partial charge on any atom is 0.0709 e. The first-order valence-electron chi connectivity index (χ1n) is 13.4. The summed E-state index contributed by atoms with van der Waals surface area (Å²) in [4.78, 5) is 10.5. The Hall–Kier alpha value is -2.66. The van der Waals surface area contributed by atoms with Crippen LogP contribution in [0.2, 0.25) is 0 Å². The predicted molar refractivity (Wildman–Crippen MR) is 171 cm³/mol. The molecule has 0 aliphatic heterocycles. The number of hydrogen-bond acceptors (Lipinski definition) is 2. The molecule has 0 aliphatic carbocycles. The van der Waals surface area contributed by atoms with Crippen molar-refractivity contribution in [1.29, 1.82) is 0 Å². The van der Waals surface area contributed by atoms with E-state index in [0.717, 1.165) is 34.2 Å². The van der Waals surface area contributed by atoms with Gasteiger partial charge < -0.3 is 0 Å². The van der Waals surface area contributed by atoms with Crippen LogP contribution in [-0.4, -0.2) is 9.97 Å². The number of para-hydroxylation sites is 2. The van der Waals surface area contributed by atoms with Gasteiger partial charge in [-0.25, -0.2) is 9.97 Å². The molecular formula is C34H38N2P2. The molecule has 2 aromatic heterocycles. The van der Waals surface area contributed by atoms with Crippen molar-refractivity contribution in [3.05, 3.63) is 107 Å². The van der Waals surface area contributed by atoms with Crippen molar-refractivity contribution in [2.24, 2.45) is 0 Å². The lowest BCUT2D eigenvalue weighted by atomic mass is 9.72. The van der Waals surface area contributed by atoms with E-state index in [4.69, 9.17) is 9.97 Å². The molecule has 2 nitrogen and oxygen atoms in total. The van der Waals surface area contributed by atoms with Gasteiger partial charge in [-0.1, -0.05) is 102 Å². The number of benzene rings is 3. The number of rotatable bonds is 5. The van der Waals surface area contributed by atoms with E-state index in [1.165, 1.54) is 33.0 Å². The Kier molecular flexibility index (Phi) is 7.43. The largest absolute Gasteiger partial charge is 0.248 e. The van der Waals surface area contributed by atoms with Crippen LogP contribution in [0.4, 0.5) is 0 Å². The molecule has 3 aromatic carbocycles. The van der Waals surface area contributed by atoms with Crippen molar-refractivity contribution >= 4 is 49.8 Å². The molecular weight excluding hydrogens is 498 g/mol. The van der Waals surface area contributed by atoms with Crippen LogP contribution < -0.4 is 10.9 Å². The van der Waals surface area contributed by atoms with Crippen LogP contribution in [0.1, 0.15) is 63.8 Å². The molecule has 1 unspecified atom stereocenters. The van der Waals surface area contributed by atoms with Crippen LogP contribution in [-0.2, 0) is 23.2 Å². The standard InChI is InChI=1S/C34H38N2P2/c1-33(2,3)27-18-15-25(21-37)26(32(27)34(4,5)6)22-38(30-19-16-23-11-7-9-13-28(23)35-30)31-20-17-24-12-8-10-14-29(24)36-31/h7-20H,21-22,37H2,1-6H3. The summed E-state index contributed by atoms with van der Waals surface area (Å²) in [7, 11) is 2.13. The highest BCUT2D eigenvalue weighted by atomic mass is 31.1. The molecule has 0 saturated heterocycles. The van der Waals surface area contributed by atoms with Crippen LogP contribution >= 0.6 is 17.2 Å².